The van der Waals surface area contributed by atoms with Gasteiger partial charge in [-0.05, 0) is 11.5 Å². The van der Waals surface area contributed by atoms with Crippen LogP contribution in [-0.2, 0) is 10.7 Å². The zero-order valence-corrected chi connectivity index (χ0v) is 8.73. The van der Waals surface area contributed by atoms with Gasteiger partial charge >= 0.3 is 5.97 Å². The van der Waals surface area contributed by atoms with E-state index in [0.29, 0.717) is 10.8 Å². The lowest BCUT2D eigenvalue weighted by atomic mass is 9.99. The monoisotopic (exact) mass is 237 g/mol. The molecule has 0 spiro atoms. The fraction of sp³-hybridized carbons (Fsp3) is 0.167. The quantitative estimate of drug-likeness (QED) is 0.892. The third-order valence-corrected chi connectivity index (χ3v) is 2.45. The Morgan fingerprint density at radius 3 is 2.82 bits per heavy atom. The summed E-state index contributed by atoms with van der Waals surface area (Å²) in [5, 5.41) is 9.38. The number of halogens is 2. The summed E-state index contributed by atoms with van der Waals surface area (Å²) in [4.78, 5) is 14.3. The molecule has 0 bridgehead atoms. The molecule has 0 saturated heterocycles. The van der Waals surface area contributed by atoms with Gasteiger partial charge in [0.2, 0.25) is 0 Å². The molecule has 0 aliphatic carbocycles. The lowest BCUT2D eigenvalue weighted by Gasteiger charge is -2.16. The zero-order chi connectivity index (χ0) is 12.5. The van der Waals surface area contributed by atoms with E-state index in [0.717, 1.165) is 0 Å². The summed E-state index contributed by atoms with van der Waals surface area (Å²) in [5.74, 6) is -4.91. The summed E-state index contributed by atoms with van der Waals surface area (Å²) < 4.78 is 27.5. The summed E-state index contributed by atoms with van der Waals surface area (Å²) >= 11 is 0. The van der Waals surface area contributed by atoms with Gasteiger partial charge in [0.05, 0.1) is 0 Å². The molecule has 1 N–H and O–H groups in total. The highest BCUT2D eigenvalue weighted by molar-refractivity contribution is 5.86. The maximum absolute atomic E-state index is 13.7. The zero-order valence-electron chi connectivity index (χ0n) is 8.73. The molecule has 88 valence electrons. The molecule has 0 atom stereocenters. The minimum Gasteiger partial charge on any atom is -0.481 e. The van der Waals surface area contributed by atoms with Crippen molar-refractivity contribution < 1.29 is 18.7 Å². The van der Waals surface area contributed by atoms with Crippen molar-refractivity contribution in [1.82, 2.24) is 4.98 Å². The van der Waals surface area contributed by atoms with Crippen molar-refractivity contribution in [3.8, 4) is 0 Å². The van der Waals surface area contributed by atoms with Crippen molar-refractivity contribution in [3.05, 3.63) is 42.2 Å². The van der Waals surface area contributed by atoms with Gasteiger partial charge in [-0.25, -0.2) is 8.78 Å². The molecule has 1 aromatic carbocycles. The van der Waals surface area contributed by atoms with Gasteiger partial charge in [0.15, 0.2) is 0 Å². The summed E-state index contributed by atoms with van der Waals surface area (Å²) in [7, 11) is 0. The Labute approximate surface area is 95.7 Å². The summed E-state index contributed by atoms with van der Waals surface area (Å²) in [6.45, 7) is 0. The Balaban J connectivity index is 2.58. The fourth-order valence-corrected chi connectivity index (χ4v) is 1.73. The number of carbonyl (C=O) groups is 1. The van der Waals surface area contributed by atoms with Crippen LogP contribution < -0.4 is 0 Å². The van der Waals surface area contributed by atoms with Crippen molar-refractivity contribution in [3.63, 3.8) is 0 Å². The molecule has 0 aliphatic rings. The Kier molecular flexibility index (Phi) is 2.75. The lowest BCUT2D eigenvalue weighted by molar-refractivity contribution is -0.145. The van der Waals surface area contributed by atoms with Gasteiger partial charge in [0.1, 0.15) is 6.42 Å². The van der Waals surface area contributed by atoms with Crippen LogP contribution in [-0.4, -0.2) is 16.1 Å². The Morgan fingerprint density at radius 2 is 2.12 bits per heavy atom. The largest absolute Gasteiger partial charge is 0.481 e. The van der Waals surface area contributed by atoms with Crippen LogP contribution in [0.2, 0.25) is 0 Å². The highest BCUT2D eigenvalue weighted by Gasteiger charge is 2.35. The van der Waals surface area contributed by atoms with Crippen LogP contribution in [0.25, 0.3) is 10.8 Å². The first-order valence-electron chi connectivity index (χ1n) is 4.93. The number of alkyl halides is 2. The van der Waals surface area contributed by atoms with Crippen LogP contribution in [0.4, 0.5) is 8.78 Å². The van der Waals surface area contributed by atoms with Gasteiger partial charge in [-0.1, -0.05) is 18.2 Å². The third kappa shape index (κ3) is 2.22. The first-order valence-corrected chi connectivity index (χ1v) is 4.93. The average Bonchev–Trinajstić information content (AvgIpc) is 2.26. The van der Waals surface area contributed by atoms with E-state index in [1.807, 2.05) is 0 Å². The number of pyridine rings is 1. The van der Waals surface area contributed by atoms with Gasteiger partial charge in [-0.2, -0.15) is 0 Å². The highest BCUT2D eigenvalue weighted by Crippen LogP contribution is 2.35. The number of hydrogen-bond acceptors (Lipinski definition) is 2. The summed E-state index contributed by atoms with van der Waals surface area (Å²) in [6.07, 6.45) is 1.66. The van der Waals surface area contributed by atoms with E-state index in [1.165, 1.54) is 30.6 Å². The second kappa shape index (κ2) is 4.08. The van der Waals surface area contributed by atoms with Crippen molar-refractivity contribution in [2.24, 2.45) is 0 Å². The fourth-order valence-electron chi connectivity index (χ4n) is 1.73. The van der Waals surface area contributed by atoms with Gasteiger partial charge in [0, 0.05) is 23.3 Å². The van der Waals surface area contributed by atoms with Crippen LogP contribution in [0.15, 0.2) is 36.7 Å². The lowest BCUT2D eigenvalue weighted by Crippen LogP contribution is -2.18. The average molecular weight is 237 g/mol. The molecule has 1 heterocycles. The molecule has 2 aromatic rings. The molecule has 1 aromatic heterocycles. The number of fused-ring (bicyclic) bond motifs is 1. The van der Waals surface area contributed by atoms with E-state index < -0.39 is 18.3 Å². The molecule has 17 heavy (non-hydrogen) atoms. The Morgan fingerprint density at radius 1 is 1.35 bits per heavy atom. The number of aromatic nitrogens is 1. The van der Waals surface area contributed by atoms with Gasteiger partial charge in [0.25, 0.3) is 5.92 Å². The van der Waals surface area contributed by atoms with Crippen molar-refractivity contribution >= 4 is 16.7 Å². The molecular formula is C12H9F2NO2. The predicted molar refractivity (Wildman–Crippen MR) is 57.9 cm³/mol. The molecule has 0 unspecified atom stereocenters. The van der Waals surface area contributed by atoms with E-state index in [2.05, 4.69) is 4.98 Å². The first-order chi connectivity index (χ1) is 8.00. The summed E-state index contributed by atoms with van der Waals surface area (Å²) in [6, 6.07) is 5.82. The molecule has 0 aliphatic heterocycles. The van der Waals surface area contributed by atoms with Crippen molar-refractivity contribution in [2.45, 2.75) is 12.3 Å². The minimum absolute atomic E-state index is 0.278. The van der Waals surface area contributed by atoms with Crippen LogP contribution in [0.3, 0.4) is 0 Å². The maximum atomic E-state index is 13.7. The van der Waals surface area contributed by atoms with Gasteiger partial charge in [-0.3, -0.25) is 9.78 Å². The van der Waals surface area contributed by atoms with E-state index in [4.69, 9.17) is 5.11 Å². The van der Waals surface area contributed by atoms with E-state index in [-0.39, 0.29) is 5.56 Å². The molecule has 0 radical (unpaired) electrons. The van der Waals surface area contributed by atoms with Gasteiger partial charge in [-0.15, -0.1) is 0 Å². The second-order valence-corrected chi connectivity index (χ2v) is 3.68. The standard InChI is InChI=1S/C12H9F2NO2/c13-12(14,6-11(16)17)10-3-1-2-8-7-15-5-4-9(8)10/h1-5,7H,6H2,(H,16,17). The number of aliphatic carboxylic acids is 1. The van der Waals surface area contributed by atoms with E-state index in [1.54, 1.807) is 6.07 Å². The van der Waals surface area contributed by atoms with Crippen LogP contribution in [0.1, 0.15) is 12.0 Å². The number of rotatable bonds is 3. The molecule has 2 rings (SSSR count). The molecule has 0 amide bonds. The van der Waals surface area contributed by atoms with Crippen LogP contribution in [0, 0.1) is 0 Å². The SMILES string of the molecule is O=C(O)CC(F)(F)c1cccc2cnccc12. The Hall–Kier alpha value is -2.04. The second-order valence-electron chi connectivity index (χ2n) is 3.68. The number of hydrogen-bond donors (Lipinski definition) is 1. The summed E-state index contributed by atoms with van der Waals surface area (Å²) in [5.41, 5.74) is -0.278. The van der Waals surface area contributed by atoms with E-state index in [9.17, 15) is 13.6 Å². The molecule has 0 fully saturated rings. The number of carboxylic acids is 1. The number of nitrogens with zero attached hydrogens (tertiary/aromatic N) is 1. The van der Waals surface area contributed by atoms with Crippen LogP contribution >= 0.6 is 0 Å². The normalized spacial score (nSPS) is 11.6. The Bertz CT molecular complexity index is 564. The topological polar surface area (TPSA) is 50.2 Å². The third-order valence-electron chi connectivity index (χ3n) is 2.45. The van der Waals surface area contributed by atoms with Crippen molar-refractivity contribution in [1.29, 1.82) is 0 Å². The minimum atomic E-state index is -3.38. The highest BCUT2D eigenvalue weighted by atomic mass is 19.3. The number of benzene rings is 1. The number of carboxylic acid groups (broad SMARTS) is 1. The first kappa shape index (κ1) is 11.4. The van der Waals surface area contributed by atoms with Gasteiger partial charge < -0.3 is 5.11 Å². The molecule has 3 nitrogen and oxygen atoms in total. The predicted octanol–water partition coefficient (Wildman–Crippen LogP) is 2.80. The maximum Gasteiger partial charge on any atom is 0.309 e. The van der Waals surface area contributed by atoms with E-state index >= 15 is 0 Å². The smallest absolute Gasteiger partial charge is 0.309 e. The molecule has 0 saturated carbocycles. The molecular weight excluding hydrogens is 228 g/mol. The van der Waals surface area contributed by atoms with Crippen molar-refractivity contribution in [2.75, 3.05) is 0 Å². The van der Waals surface area contributed by atoms with Crippen LogP contribution in [0.5, 0.6) is 0 Å². The molecule has 5 heteroatoms.